The fourth-order valence-electron chi connectivity index (χ4n) is 1.58. The van der Waals surface area contributed by atoms with Crippen molar-refractivity contribution in [2.45, 2.75) is 17.9 Å². The number of thioether (sulfide) groups is 1. The van der Waals surface area contributed by atoms with Gasteiger partial charge in [0.05, 0.1) is 10.5 Å². The summed E-state index contributed by atoms with van der Waals surface area (Å²) in [6.45, 7) is 1.73. The van der Waals surface area contributed by atoms with Crippen LogP contribution in [0.2, 0.25) is 0 Å². The van der Waals surface area contributed by atoms with Gasteiger partial charge in [-0.05, 0) is 25.3 Å². The molecule has 0 saturated heterocycles. The zero-order valence-electron chi connectivity index (χ0n) is 10.5. The summed E-state index contributed by atoms with van der Waals surface area (Å²) in [5, 5.41) is 0. The fraction of sp³-hybridized carbons (Fsp3) is 0.364. The molecule has 0 aliphatic carbocycles. The summed E-state index contributed by atoms with van der Waals surface area (Å²) in [7, 11) is -3.85. The van der Waals surface area contributed by atoms with Crippen molar-refractivity contribution in [3.63, 3.8) is 0 Å². The molecule has 0 aromatic heterocycles. The van der Waals surface area contributed by atoms with Crippen LogP contribution in [0.3, 0.4) is 0 Å². The van der Waals surface area contributed by atoms with Crippen molar-refractivity contribution in [3.05, 3.63) is 29.6 Å². The third-order valence-electron chi connectivity index (χ3n) is 2.28. The summed E-state index contributed by atoms with van der Waals surface area (Å²) in [5.74, 6) is -0.135. The topological polar surface area (TPSA) is 72.2 Å². The van der Waals surface area contributed by atoms with E-state index in [1.54, 1.807) is 6.92 Å². The van der Waals surface area contributed by atoms with E-state index in [2.05, 4.69) is 4.72 Å². The smallest absolute Gasteiger partial charge is 0.241 e. The van der Waals surface area contributed by atoms with E-state index in [4.69, 9.17) is 18.0 Å². The molecular weight excluding hydrogens is 307 g/mol. The van der Waals surface area contributed by atoms with Gasteiger partial charge in [0.15, 0.2) is 0 Å². The average Bonchev–Trinajstić information content (AvgIpc) is 2.27. The third-order valence-corrected chi connectivity index (χ3v) is 4.95. The van der Waals surface area contributed by atoms with E-state index in [0.29, 0.717) is 5.75 Å². The minimum atomic E-state index is -3.85. The van der Waals surface area contributed by atoms with Crippen LogP contribution in [0, 0.1) is 5.82 Å². The lowest BCUT2D eigenvalue weighted by Crippen LogP contribution is -2.35. The van der Waals surface area contributed by atoms with Crippen LogP contribution in [0.5, 0.6) is 0 Å². The van der Waals surface area contributed by atoms with Crippen molar-refractivity contribution in [3.8, 4) is 0 Å². The second-order valence-corrected chi connectivity index (χ2v) is 6.99. The van der Waals surface area contributed by atoms with Gasteiger partial charge in [-0.15, -0.1) is 0 Å². The molecule has 0 aliphatic rings. The van der Waals surface area contributed by atoms with Gasteiger partial charge in [-0.2, -0.15) is 11.8 Å². The Labute approximate surface area is 122 Å². The van der Waals surface area contributed by atoms with Gasteiger partial charge in [-0.25, -0.2) is 17.5 Å². The number of benzene rings is 1. The normalized spacial score (nSPS) is 13.2. The van der Waals surface area contributed by atoms with Gasteiger partial charge >= 0.3 is 0 Å². The molecule has 4 nitrogen and oxygen atoms in total. The van der Waals surface area contributed by atoms with Gasteiger partial charge in [0, 0.05) is 11.8 Å². The lowest BCUT2D eigenvalue weighted by molar-refractivity contribution is 0.567. The molecule has 0 heterocycles. The highest BCUT2D eigenvalue weighted by atomic mass is 32.2. The summed E-state index contributed by atoms with van der Waals surface area (Å²) in [6, 6.07) is 3.44. The molecule has 0 fully saturated rings. The summed E-state index contributed by atoms with van der Waals surface area (Å²) in [5.41, 5.74) is 5.15. The quantitative estimate of drug-likeness (QED) is 0.777. The number of nitrogens with one attached hydrogen (secondary N) is 1. The number of sulfonamides is 1. The monoisotopic (exact) mass is 322 g/mol. The molecule has 8 heteroatoms. The van der Waals surface area contributed by atoms with E-state index >= 15 is 0 Å². The Kier molecular flexibility index (Phi) is 5.72. The molecule has 0 bridgehead atoms. The molecule has 1 rings (SSSR count). The molecule has 0 amide bonds. The molecule has 1 unspecified atom stereocenters. The van der Waals surface area contributed by atoms with Crippen molar-refractivity contribution in [1.29, 1.82) is 0 Å². The van der Waals surface area contributed by atoms with Crippen molar-refractivity contribution >= 4 is 39.0 Å². The van der Waals surface area contributed by atoms with Crippen LogP contribution in [0.25, 0.3) is 0 Å². The standard InChI is InChI=1S/C11H15FN2O2S3/c1-7(6-18-2)14-19(15,16)9-5-3-4-8(12)10(9)11(13)17/h3-5,7,14H,6H2,1-2H3,(H2,13,17). The summed E-state index contributed by atoms with van der Waals surface area (Å²) < 4.78 is 40.5. The van der Waals surface area contributed by atoms with Gasteiger partial charge in [-0.1, -0.05) is 18.3 Å². The third kappa shape index (κ3) is 4.13. The maximum absolute atomic E-state index is 13.7. The van der Waals surface area contributed by atoms with Crippen LogP contribution >= 0.6 is 24.0 Å². The van der Waals surface area contributed by atoms with Crippen LogP contribution in [0.15, 0.2) is 23.1 Å². The minimum Gasteiger partial charge on any atom is -0.389 e. The summed E-state index contributed by atoms with van der Waals surface area (Å²) >= 11 is 6.22. The largest absolute Gasteiger partial charge is 0.389 e. The highest BCUT2D eigenvalue weighted by molar-refractivity contribution is 7.98. The Morgan fingerprint density at radius 3 is 2.74 bits per heavy atom. The first-order valence-corrected chi connectivity index (χ1v) is 8.67. The molecule has 1 aromatic rings. The number of rotatable bonds is 6. The molecule has 1 atom stereocenters. The first-order valence-electron chi connectivity index (χ1n) is 5.39. The van der Waals surface area contributed by atoms with Gasteiger partial charge in [0.1, 0.15) is 10.8 Å². The molecule has 1 aromatic carbocycles. The Hall–Kier alpha value is -0.700. The predicted molar refractivity (Wildman–Crippen MR) is 80.5 cm³/mol. The molecule has 0 radical (unpaired) electrons. The maximum Gasteiger partial charge on any atom is 0.241 e. The van der Waals surface area contributed by atoms with Crippen molar-refractivity contribution in [2.24, 2.45) is 5.73 Å². The fourth-order valence-corrected chi connectivity index (χ4v) is 4.01. The lowest BCUT2D eigenvalue weighted by atomic mass is 10.2. The van der Waals surface area contributed by atoms with E-state index in [-0.39, 0.29) is 21.5 Å². The lowest BCUT2D eigenvalue weighted by Gasteiger charge is -2.15. The van der Waals surface area contributed by atoms with Gasteiger partial charge in [-0.3, -0.25) is 0 Å². The molecule has 0 saturated carbocycles. The van der Waals surface area contributed by atoms with Gasteiger partial charge < -0.3 is 5.73 Å². The zero-order chi connectivity index (χ0) is 14.6. The second-order valence-electron chi connectivity index (χ2n) is 3.95. The first kappa shape index (κ1) is 16.4. The SMILES string of the molecule is CSCC(C)NS(=O)(=O)c1cccc(F)c1C(N)=S. The molecule has 19 heavy (non-hydrogen) atoms. The molecule has 0 aliphatic heterocycles. The zero-order valence-corrected chi connectivity index (χ0v) is 13.0. The Balaban J connectivity index is 3.22. The average molecular weight is 322 g/mol. The Bertz CT molecular complexity index is 575. The van der Waals surface area contributed by atoms with Crippen molar-refractivity contribution in [2.75, 3.05) is 12.0 Å². The first-order chi connectivity index (χ1) is 8.79. The highest BCUT2D eigenvalue weighted by Gasteiger charge is 2.24. The Morgan fingerprint density at radius 2 is 2.21 bits per heavy atom. The van der Waals surface area contributed by atoms with E-state index in [9.17, 15) is 12.8 Å². The number of hydrogen-bond acceptors (Lipinski definition) is 4. The van der Waals surface area contributed by atoms with E-state index < -0.39 is 15.8 Å². The molecular formula is C11H15FN2O2S3. The predicted octanol–water partition coefficient (Wildman–Crippen LogP) is 1.49. The maximum atomic E-state index is 13.7. The van der Waals surface area contributed by atoms with Crippen LogP contribution in [-0.2, 0) is 10.0 Å². The van der Waals surface area contributed by atoms with Crippen LogP contribution in [0.1, 0.15) is 12.5 Å². The van der Waals surface area contributed by atoms with Crippen molar-refractivity contribution < 1.29 is 12.8 Å². The van der Waals surface area contributed by atoms with E-state index in [1.807, 2.05) is 6.26 Å². The van der Waals surface area contributed by atoms with Crippen LogP contribution in [0.4, 0.5) is 4.39 Å². The van der Waals surface area contributed by atoms with Crippen molar-refractivity contribution in [1.82, 2.24) is 4.72 Å². The number of nitrogens with two attached hydrogens (primary N) is 1. The number of hydrogen-bond donors (Lipinski definition) is 2. The van der Waals surface area contributed by atoms with E-state index in [0.717, 1.165) is 6.07 Å². The Morgan fingerprint density at radius 1 is 1.58 bits per heavy atom. The number of thiocarbonyl (C=S) groups is 1. The van der Waals surface area contributed by atoms with Crippen LogP contribution < -0.4 is 10.5 Å². The van der Waals surface area contributed by atoms with Gasteiger partial charge in [0.25, 0.3) is 0 Å². The molecule has 106 valence electrons. The van der Waals surface area contributed by atoms with Crippen LogP contribution in [-0.4, -0.2) is 31.5 Å². The van der Waals surface area contributed by atoms with E-state index in [1.165, 1.54) is 23.9 Å². The summed E-state index contributed by atoms with van der Waals surface area (Å²) in [6.07, 6.45) is 1.87. The number of halogens is 1. The van der Waals surface area contributed by atoms with Gasteiger partial charge in [0.2, 0.25) is 10.0 Å². The second kappa shape index (κ2) is 6.65. The molecule has 0 spiro atoms. The summed E-state index contributed by atoms with van der Waals surface area (Å²) in [4.78, 5) is -0.510. The molecule has 3 N–H and O–H groups in total. The minimum absolute atomic E-state index is 0.229. The highest BCUT2D eigenvalue weighted by Crippen LogP contribution is 2.19.